The van der Waals surface area contributed by atoms with Gasteiger partial charge in [-0.1, -0.05) is 0 Å². The van der Waals surface area contributed by atoms with E-state index in [9.17, 15) is 27.6 Å². The molecule has 0 aliphatic carbocycles. The van der Waals surface area contributed by atoms with Crippen LogP contribution in [0.15, 0.2) is 12.1 Å². The number of halogens is 3. The van der Waals surface area contributed by atoms with Crippen LogP contribution >= 0.6 is 0 Å². The lowest BCUT2D eigenvalue weighted by atomic mass is 9.99. The maximum absolute atomic E-state index is 13.9. The molecule has 0 unspecified atom stereocenters. The Hall–Kier alpha value is -2.62. The van der Waals surface area contributed by atoms with Crippen molar-refractivity contribution in [2.24, 2.45) is 5.73 Å². The van der Waals surface area contributed by atoms with Gasteiger partial charge in [0.2, 0.25) is 11.8 Å². The minimum absolute atomic E-state index is 0.0578. The smallest absolute Gasteiger partial charge is 0.257 e. The molecule has 2 heterocycles. The fourth-order valence-electron chi connectivity index (χ4n) is 3.53. The highest BCUT2D eigenvalue weighted by molar-refractivity contribution is 5.99. The summed E-state index contributed by atoms with van der Waals surface area (Å²) >= 11 is 0. The first-order valence-electron chi connectivity index (χ1n) is 9.08. The number of hydrogen-bond acceptors (Lipinski definition) is 4. The Bertz CT molecular complexity index is 805. The lowest BCUT2D eigenvalue weighted by molar-refractivity contribution is -0.152. The zero-order chi connectivity index (χ0) is 20.4. The minimum atomic E-state index is -1.39. The Labute approximate surface area is 159 Å². The Kier molecular flexibility index (Phi) is 5.87. The van der Waals surface area contributed by atoms with Crippen molar-refractivity contribution in [3.63, 3.8) is 0 Å². The number of nitrogens with zero attached hydrogens (tertiary/aromatic N) is 2. The van der Waals surface area contributed by atoms with Gasteiger partial charge >= 0.3 is 0 Å². The van der Waals surface area contributed by atoms with E-state index in [4.69, 9.17) is 5.73 Å². The molecule has 0 aromatic heterocycles. The van der Waals surface area contributed by atoms with Crippen LogP contribution in [0.2, 0.25) is 0 Å². The molecule has 10 heteroatoms. The van der Waals surface area contributed by atoms with E-state index in [1.807, 2.05) is 0 Å². The number of fused-ring (bicyclic) bond motifs is 1. The van der Waals surface area contributed by atoms with Gasteiger partial charge in [0.1, 0.15) is 17.9 Å². The number of hydrogen-bond donors (Lipinski definition) is 2. The maximum atomic E-state index is 13.9. The van der Waals surface area contributed by atoms with Crippen molar-refractivity contribution in [2.75, 3.05) is 26.2 Å². The number of rotatable bonds is 5. The molecule has 152 valence electrons. The molecular weight excluding hydrogens is 377 g/mol. The number of unbranched alkanes of at least 4 members (excludes halogenated alkanes) is 1. The van der Waals surface area contributed by atoms with Crippen molar-refractivity contribution in [3.05, 3.63) is 35.1 Å². The van der Waals surface area contributed by atoms with E-state index in [1.165, 1.54) is 9.80 Å². The number of piperazine rings is 2. The topological polar surface area (TPSA) is 95.7 Å². The standard InChI is InChI=1S/C18H21F3N4O3/c19-11-8-13(21)12(20)7-10(11)17(27)24-5-6-25-15(9-24)16(26)23-14(18(25)28)3-1-2-4-22/h7-8,14-15H,1-6,9,22H2,(H,23,26)/t14-,15+/m0/s1. The highest BCUT2D eigenvalue weighted by atomic mass is 19.2. The second-order valence-electron chi connectivity index (χ2n) is 6.89. The van der Waals surface area contributed by atoms with Gasteiger partial charge < -0.3 is 20.9 Å². The molecule has 2 saturated heterocycles. The molecule has 0 radical (unpaired) electrons. The molecule has 0 bridgehead atoms. The predicted octanol–water partition coefficient (Wildman–Crippen LogP) is 0.384. The molecule has 2 fully saturated rings. The van der Waals surface area contributed by atoms with E-state index in [-0.39, 0.29) is 25.5 Å². The van der Waals surface area contributed by atoms with Crippen LogP contribution in [-0.2, 0) is 9.59 Å². The quantitative estimate of drug-likeness (QED) is 0.554. The van der Waals surface area contributed by atoms with Crippen molar-refractivity contribution < 1.29 is 27.6 Å². The van der Waals surface area contributed by atoms with E-state index < -0.39 is 46.9 Å². The van der Waals surface area contributed by atoms with Crippen LogP contribution in [0.1, 0.15) is 29.6 Å². The zero-order valence-corrected chi connectivity index (χ0v) is 15.1. The third-order valence-electron chi connectivity index (χ3n) is 5.06. The van der Waals surface area contributed by atoms with Crippen LogP contribution < -0.4 is 11.1 Å². The van der Waals surface area contributed by atoms with Crippen molar-refractivity contribution in [2.45, 2.75) is 31.3 Å². The number of benzene rings is 1. The van der Waals surface area contributed by atoms with Crippen molar-refractivity contribution >= 4 is 17.7 Å². The number of carbonyl (C=O) groups excluding carboxylic acids is 3. The molecular formula is C18H21F3N4O3. The summed E-state index contributed by atoms with van der Waals surface area (Å²) in [7, 11) is 0. The van der Waals surface area contributed by atoms with Crippen LogP contribution in [0.25, 0.3) is 0 Å². The van der Waals surface area contributed by atoms with Crippen LogP contribution in [0.4, 0.5) is 13.2 Å². The summed E-state index contributed by atoms with van der Waals surface area (Å²) in [5.41, 5.74) is 4.82. The molecule has 0 saturated carbocycles. The van der Waals surface area contributed by atoms with Gasteiger partial charge in [-0.25, -0.2) is 13.2 Å². The largest absolute Gasteiger partial charge is 0.342 e. The third kappa shape index (κ3) is 3.82. The van der Waals surface area contributed by atoms with Gasteiger partial charge in [0.05, 0.1) is 12.1 Å². The summed E-state index contributed by atoms with van der Waals surface area (Å²) in [4.78, 5) is 40.2. The number of nitrogens with one attached hydrogen (secondary N) is 1. The predicted molar refractivity (Wildman–Crippen MR) is 92.6 cm³/mol. The van der Waals surface area contributed by atoms with E-state index >= 15 is 0 Å². The molecule has 3 rings (SSSR count). The maximum Gasteiger partial charge on any atom is 0.257 e. The van der Waals surface area contributed by atoms with E-state index in [0.717, 1.165) is 6.42 Å². The van der Waals surface area contributed by atoms with Gasteiger partial charge in [0.25, 0.3) is 5.91 Å². The molecule has 0 spiro atoms. The van der Waals surface area contributed by atoms with Gasteiger partial charge in [0, 0.05) is 19.2 Å². The monoisotopic (exact) mass is 398 g/mol. The fourth-order valence-corrected chi connectivity index (χ4v) is 3.53. The van der Waals surface area contributed by atoms with E-state index in [1.54, 1.807) is 0 Å². The first kappa shape index (κ1) is 20.1. The fraction of sp³-hybridized carbons (Fsp3) is 0.500. The van der Waals surface area contributed by atoms with Crippen LogP contribution in [0.3, 0.4) is 0 Å². The molecule has 7 nitrogen and oxygen atoms in total. The molecule has 2 aliphatic heterocycles. The van der Waals surface area contributed by atoms with Crippen LogP contribution in [0.5, 0.6) is 0 Å². The normalized spacial score (nSPS) is 22.1. The first-order chi connectivity index (χ1) is 13.3. The Morgan fingerprint density at radius 2 is 1.82 bits per heavy atom. The minimum Gasteiger partial charge on any atom is -0.342 e. The van der Waals surface area contributed by atoms with Gasteiger partial charge in [-0.3, -0.25) is 14.4 Å². The lowest BCUT2D eigenvalue weighted by Crippen LogP contribution is -2.69. The average Bonchev–Trinajstić information content (AvgIpc) is 2.67. The number of carbonyl (C=O) groups is 3. The van der Waals surface area contributed by atoms with E-state index in [2.05, 4.69) is 5.32 Å². The van der Waals surface area contributed by atoms with Gasteiger partial charge in [-0.05, 0) is 31.9 Å². The van der Waals surface area contributed by atoms with Crippen molar-refractivity contribution in [1.29, 1.82) is 0 Å². The second kappa shape index (κ2) is 8.17. The number of amides is 3. The molecule has 1 aromatic carbocycles. The third-order valence-corrected chi connectivity index (χ3v) is 5.06. The highest BCUT2D eigenvalue weighted by Gasteiger charge is 2.44. The molecule has 2 atom stereocenters. The molecule has 28 heavy (non-hydrogen) atoms. The molecule has 3 amide bonds. The van der Waals surface area contributed by atoms with Crippen LogP contribution in [-0.4, -0.2) is 65.8 Å². The Balaban J connectivity index is 1.71. The Morgan fingerprint density at radius 3 is 2.54 bits per heavy atom. The van der Waals surface area contributed by atoms with Gasteiger partial charge in [-0.2, -0.15) is 0 Å². The van der Waals surface area contributed by atoms with Gasteiger partial charge in [-0.15, -0.1) is 0 Å². The van der Waals surface area contributed by atoms with E-state index in [0.29, 0.717) is 31.5 Å². The lowest BCUT2D eigenvalue weighted by Gasteiger charge is -2.45. The highest BCUT2D eigenvalue weighted by Crippen LogP contribution is 2.22. The summed E-state index contributed by atoms with van der Waals surface area (Å²) < 4.78 is 40.4. The first-order valence-corrected chi connectivity index (χ1v) is 9.08. The number of nitrogens with two attached hydrogens (primary N) is 1. The molecule has 2 aliphatic rings. The molecule has 1 aromatic rings. The SMILES string of the molecule is NCCCC[C@@H]1NC(=O)[C@H]2CN(C(=O)c3cc(F)c(F)cc3F)CCN2C1=O. The summed E-state index contributed by atoms with van der Waals surface area (Å²) in [5, 5.41) is 2.66. The van der Waals surface area contributed by atoms with Crippen molar-refractivity contribution in [3.8, 4) is 0 Å². The van der Waals surface area contributed by atoms with Crippen LogP contribution in [0, 0.1) is 17.5 Å². The summed E-state index contributed by atoms with van der Waals surface area (Å²) in [6.45, 7) is 0.507. The second-order valence-corrected chi connectivity index (χ2v) is 6.89. The zero-order valence-electron chi connectivity index (χ0n) is 15.1. The Morgan fingerprint density at radius 1 is 1.11 bits per heavy atom. The van der Waals surface area contributed by atoms with Crippen molar-refractivity contribution in [1.82, 2.24) is 15.1 Å². The van der Waals surface area contributed by atoms with Gasteiger partial charge in [0.15, 0.2) is 11.6 Å². The summed E-state index contributed by atoms with van der Waals surface area (Å²) in [6.07, 6.45) is 1.92. The summed E-state index contributed by atoms with van der Waals surface area (Å²) in [6, 6.07) is -0.717. The molecule has 3 N–H and O–H groups in total. The average molecular weight is 398 g/mol. The summed E-state index contributed by atoms with van der Waals surface area (Å²) in [5.74, 6) is -5.41.